The third-order valence-corrected chi connectivity index (χ3v) is 9.92. The van der Waals surface area contributed by atoms with Crippen LogP contribution in [0.1, 0.15) is 18.4 Å². The molecule has 46 heavy (non-hydrogen) atoms. The van der Waals surface area contributed by atoms with E-state index in [-0.39, 0.29) is 17.5 Å². The van der Waals surface area contributed by atoms with Crippen molar-refractivity contribution in [3.05, 3.63) is 58.7 Å². The Bertz CT molecular complexity index is 1830. The normalized spacial score (nSPS) is 16.9. The number of fused-ring (bicyclic) bond motifs is 1. The molecule has 0 aliphatic carbocycles. The van der Waals surface area contributed by atoms with E-state index in [2.05, 4.69) is 68.2 Å². The molecule has 2 N–H and O–H groups in total. The van der Waals surface area contributed by atoms with Crippen molar-refractivity contribution in [3.8, 4) is 5.75 Å². The molecule has 0 saturated carbocycles. The van der Waals surface area contributed by atoms with Crippen molar-refractivity contribution in [1.82, 2.24) is 29.7 Å². The molecule has 244 valence electrons. The predicted octanol–water partition coefficient (Wildman–Crippen LogP) is 4.58. The van der Waals surface area contributed by atoms with Gasteiger partial charge in [0.25, 0.3) is 0 Å². The first-order valence-corrected chi connectivity index (χ1v) is 18.0. The van der Waals surface area contributed by atoms with Gasteiger partial charge in [-0.25, -0.2) is 17.8 Å². The number of anilines is 5. The quantitative estimate of drug-likeness (QED) is 0.252. The van der Waals surface area contributed by atoms with Crippen molar-refractivity contribution in [3.63, 3.8) is 0 Å². The number of hydrogen-bond donors (Lipinski definition) is 2. The van der Waals surface area contributed by atoms with Gasteiger partial charge in [0, 0.05) is 93.5 Å². The molecule has 0 spiro atoms. The van der Waals surface area contributed by atoms with E-state index in [1.165, 1.54) is 18.5 Å². The van der Waals surface area contributed by atoms with Crippen LogP contribution < -0.4 is 20.3 Å². The fourth-order valence-corrected chi connectivity index (χ4v) is 7.20. The molecule has 4 heterocycles. The molecule has 0 atom stereocenters. The topological polar surface area (TPSA) is 129 Å². The van der Waals surface area contributed by atoms with Gasteiger partial charge in [-0.15, -0.1) is 0 Å². The second-order valence-corrected chi connectivity index (χ2v) is 14.8. The number of rotatable bonds is 9. The van der Waals surface area contributed by atoms with E-state index in [0.29, 0.717) is 55.7 Å². The summed E-state index contributed by atoms with van der Waals surface area (Å²) in [7, 11) is 0.309. The summed E-state index contributed by atoms with van der Waals surface area (Å²) in [6, 6.07) is 7.16. The largest absolute Gasteiger partial charge is 0.494 e. The second-order valence-electron chi connectivity index (χ2n) is 11.8. The second kappa shape index (κ2) is 13.6. The summed E-state index contributed by atoms with van der Waals surface area (Å²) in [6.07, 6.45) is 7.78. The summed E-state index contributed by atoms with van der Waals surface area (Å²) in [4.78, 5) is 24.7. The van der Waals surface area contributed by atoms with Crippen molar-refractivity contribution in [1.29, 1.82) is 0 Å². The van der Waals surface area contributed by atoms with Gasteiger partial charge in [0.15, 0.2) is 9.84 Å². The van der Waals surface area contributed by atoms with Gasteiger partial charge in [-0.05, 0) is 48.0 Å². The molecule has 2 aromatic heterocycles. The average Bonchev–Trinajstić information content (AvgIpc) is 3.04. The van der Waals surface area contributed by atoms with E-state index in [9.17, 15) is 8.42 Å². The molecule has 0 bridgehead atoms. The highest BCUT2D eigenvalue weighted by Crippen LogP contribution is 2.37. The van der Waals surface area contributed by atoms with Crippen LogP contribution in [0.25, 0.3) is 11.0 Å². The summed E-state index contributed by atoms with van der Waals surface area (Å²) in [5.74, 6) is 0.418. The molecule has 2 fully saturated rings. The third-order valence-electron chi connectivity index (χ3n) is 8.52. The highest BCUT2D eigenvalue weighted by molar-refractivity contribution is 9.10. The fourth-order valence-electron chi connectivity index (χ4n) is 6.09. The van der Waals surface area contributed by atoms with E-state index in [1.807, 2.05) is 0 Å². The molecule has 2 saturated heterocycles. The number of sulfone groups is 1. The van der Waals surface area contributed by atoms with Gasteiger partial charge in [0.05, 0.1) is 39.7 Å². The van der Waals surface area contributed by atoms with Crippen LogP contribution in [-0.2, 0) is 15.6 Å². The van der Waals surface area contributed by atoms with Crippen LogP contribution in [0.3, 0.4) is 0 Å². The van der Waals surface area contributed by atoms with Gasteiger partial charge < -0.3 is 25.2 Å². The molecular weight excluding hydrogens is 677 g/mol. The lowest BCUT2D eigenvalue weighted by Gasteiger charge is -2.42. The number of piperazine rings is 1. The number of likely N-dealkylation sites (N-methyl/N-ethyl adjacent to an activating group) is 1. The van der Waals surface area contributed by atoms with Crippen molar-refractivity contribution in [2.45, 2.75) is 24.6 Å². The molecule has 0 amide bonds. The molecule has 0 radical (unpaired) electrons. The zero-order chi connectivity index (χ0) is 32.4. The number of methoxy groups -OCH3 is 1. The Morgan fingerprint density at radius 2 is 1.74 bits per heavy atom. The van der Waals surface area contributed by atoms with E-state index in [1.54, 1.807) is 37.7 Å². The number of aromatic nitrogens is 4. The minimum Gasteiger partial charge on any atom is -0.494 e. The predicted molar refractivity (Wildman–Crippen MR) is 182 cm³/mol. The minimum atomic E-state index is -3.40. The Labute approximate surface area is 276 Å². The third kappa shape index (κ3) is 7.32. The molecule has 2 aliphatic rings. The van der Waals surface area contributed by atoms with Gasteiger partial charge in [-0.3, -0.25) is 14.9 Å². The molecule has 12 nitrogen and oxygen atoms in total. The van der Waals surface area contributed by atoms with Crippen LogP contribution in [-0.4, -0.2) is 104 Å². The van der Waals surface area contributed by atoms with Crippen LogP contribution in [0.2, 0.25) is 0 Å². The zero-order valence-electron chi connectivity index (χ0n) is 26.0. The highest BCUT2D eigenvalue weighted by atomic mass is 79.9. The molecule has 0 unspecified atom stereocenters. The summed E-state index contributed by atoms with van der Waals surface area (Å²) in [5.41, 5.74) is 2.92. The number of halogens is 2. The Balaban J connectivity index is 1.20. The number of nitrogens with one attached hydrogen (secondary N) is 2. The van der Waals surface area contributed by atoms with Gasteiger partial charge in [-0.2, -0.15) is 4.98 Å². The summed E-state index contributed by atoms with van der Waals surface area (Å²) in [5, 5.41) is 6.30. The van der Waals surface area contributed by atoms with Crippen molar-refractivity contribution in [2.75, 3.05) is 75.2 Å². The fraction of sp³-hybridized carbons (Fsp3) is 0.419. The minimum absolute atomic E-state index is 0.189. The van der Waals surface area contributed by atoms with Gasteiger partial charge in [0.2, 0.25) is 5.95 Å². The van der Waals surface area contributed by atoms with Gasteiger partial charge in [-0.1, -0.05) is 0 Å². The van der Waals surface area contributed by atoms with Crippen molar-refractivity contribution < 1.29 is 17.5 Å². The maximum absolute atomic E-state index is 15.6. The Kier molecular flexibility index (Phi) is 9.54. The maximum Gasteiger partial charge on any atom is 0.229 e. The number of hydrogen-bond acceptors (Lipinski definition) is 12. The maximum atomic E-state index is 15.6. The molecule has 15 heteroatoms. The summed E-state index contributed by atoms with van der Waals surface area (Å²) in [6.45, 7) is 5.88. The van der Waals surface area contributed by atoms with E-state index < -0.39 is 9.84 Å². The molecular formula is C31H37BrFN9O3S. The highest BCUT2D eigenvalue weighted by Gasteiger charge is 2.28. The van der Waals surface area contributed by atoms with E-state index >= 15 is 4.39 Å². The van der Waals surface area contributed by atoms with E-state index in [4.69, 9.17) is 4.74 Å². The Hall–Kier alpha value is -3.66. The number of benzene rings is 2. The van der Waals surface area contributed by atoms with Crippen molar-refractivity contribution in [2.24, 2.45) is 0 Å². The smallest absolute Gasteiger partial charge is 0.229 e. The first-order valence-electron chi connectivity index (χ1n) is 15.1. The summed E-state index contributed by atoms with van der Waals surface area (Å²) >= 11 is 3.48. The van der Waals surface area contributed by atoms with Crippen LogP contribution in [0.5, 0.6) is 5.75 Å². The monoisotopic (exact) mass is 713 g/mol. The van der Waals surface area contributed by atoms with Crippen molar-refractivity contribution >= 4 is 65.6 Å². The molecule has 6 rings (SSSR count). The SMILES string of the molecule is COc1cc(N2CCC(N3CCN(C)CC3)CC2)c(F)cc1Nc1ncc(Br)c(Nc2ccc3nccnc3c2CS(C)(=O)=O)n1. The van der Waals surface area contributed by atoms with E-state index in [0.717, 1.165) is 52.1 Å². The molecule has 2 aromatic carbocycles. The summed E-state index contributed by atoms with van der Waals surface area (Å²) < 4.78 is 46.4. The first kappa shape index (κ1) is 32.3. The van der Waals surface area contributed by atoms with Gasteiger partial charge >= 0.3 is 0 Å². The molecule has 2 aliphatic heterocycles. The lowest BCUT2D eigenvalue weighted by Crippen LogP contribution is -2.52. The Morgan fingerprint density at radius 1 is 1.00 bits per heavy atom. The number of piperidine rings is 1. The van der Waals surface area contributed by atoms with Crippen LogP contribution in [0.4, 0.5) is 33.2 Å². The van der Waals surface area contributed by atoms with Crippen LogP contribution in [0, 0.1) is 5.82 Å². The lowest BCUT2D eigenvalue weighted by molar-refractivity contribution is 0.0981. The first-order chi connectivity index (χ1) is 22.1. The Morgan fingerprint density at radius 3 is 2.46 bits per heavy atom. The molecule has 4 aromatic rings. The average molecular weight is 715 g/mol. The number of nitrogens with zero attached hydrogens (tertiary/aromatic N) is 7. The lowest BCUT2D eigenvalue weighted by atomic mass is 10.0. The zero-order valence-corrected chi connectivity index (χ0v) is 28.4. The number of ether oxygens (including phenoxy) is 1. The van der Waals surface area contributed by atoms with Gasteiger partial charge in [0.1, 0.15) is 17.4 Å². The van der Waals surface area contributed by atoms with Crippen LogP contribution in [0.15, 0.2) is 47.3 Å². The van der Waals surface area contributed by atoms with Crippen LogP contribution >= 0.6 is 15.9 Å². The standard InChI is InChI=1S/C31H37BrFN9O3S/c1-40-12-14-41(15-13-40)20-6-10-42(11-7-20)27-17-28(45-2)26(16-23(27)33)38-31-36-18-22(32)30(39-31)37-24-4-5-25-29(35-9-8-34-25)21(24)19-46(3,43)44/h4-5,8-9,16-18,20H,6-7,10-15,19H2,1-3H3,(H2,36,37,38,39).